The number of ether oxygens (including phenoxy) is 2. The number of fused-ring (bicyclic) bond motifs is 9. The number of benzene rings is 7. The van der Waals surface area contributed by atoms with Crippen molar-refractivity contribution in [2.45, 2.75) is 20.3 Å². The predicted octanol–water partition coefficient (Wildman–Crippen LogP) is 15.5. The summed E-state index contributed by atoms with van der Waals surface area (Å²) in [4.78, 5) is 4.45. The molecule has 1 atom stereocenters. The summed E-state index contributed by atoms with van der Waals surface area (Å²) >= 11 is 0. The standard InChI is InChI=1S/C54H42N2O3/c1-5-15-35(2)16-14-31-55(40-25-29-49-47(32-40)44-21-12-13-22-48(44)58-49)41-23-27-45-46-28-30-50-53(54(46)37(4)57-52(45)33-41)36(3)43-26-24-42(34-51(43)59-50)56(38-17-8-6-9-18-38)39-19-10-7-11-20-39/h5-15,17-35H,3-4,16H2,1-2H3/b15-5+,31-14+. The molecule has 1 unspecified atom stereocenters. The number of nitrogens with zero attached hydrogens (tertiary/aromatic N) is 2. The van der Waals surface area contributed by atoms with Crippen LogP contribution in [-0.4, -0.2) is 0 Å². The minimum absolute atomic E-state index is 0.419. The van der Waals surface area contributed by atoms with Crippen molar-refractivity contribution in [3.05, 3.63) is 206 Å². The highest BCUT2D eigenvalue weighted by molar-refractivity contribution is 6.06. The molecule has 3 heterocycles. The minimum Gasteiger partial charge on any atom is -0.457 e. The van der Waals surface area contributed by atoms with E-state index in [0.717, 1.165) is 107 Å². The van der Waals surface area contributed by atoms with Gasteiger partial charge in [0.05, 0.1) is 0 Å². The molecule has 59 heavy (non-hydrogen) atoms. The third-order valence-electron chi connectivity index (χ3n) is 11.2. The molecule has 0 amide bonds. The molecule has 8 aromatic rings. The van der Waals surface area contributed by atoms with E-state index >= 15 is 0 Å². The van der Waals surface area contributed by atoms with E-state index in [1.165, 1.54) is 0 Å². The summed E-state index contributed by atoms with van der Waals surface area (Å²) in [6, 6.07) is 52.2. The van der Waals surface area contributed by atoms with E-state index < -0.39 is 0 Å². The second kappa shape index (κ2) is 14.8. The molecular weight excluding hydrogens is 725 g/mol. The Balaban J connectivity index is 1.01. The molecule has 1 aromatic heterocycles. The van der Waals surface area contributed by atoms with Crippen molar-refractivity contribution in [1.82, 2.24) is 0 Å². The van der Waals surface area contributed by atoms with Crippen molar-refractivity contribution in [3.63, 3.8) is 0 Å². The van der Waals surface area contributed by atoms with Crippen molar-refractivity contribution < 1.29 is 13.9 Å². The zero-order chi connectivity index (χ0) is 40.0. The van der Waals surface area contributed by atoms with Gasteiger partial charge in [-0.2, -0.15) is 0 Å². The largest absolute Gasteiger partial charge is 0.457 e. The van der Waals surface area contributed by atoms with Crippen LogP contribution in [0.25, 0.3) is 44.4 Å². The van der Waals surface area contributed by atoms with Crippen molar-refractivity contribution in [2.24, 2.45) is 5.92 Å². The van der Waals surface area contributed by atoms with Crippen LogP contribution in [0.3, 0.4) is 0 Å². The molecule has 5 nitrogen and oxygen atoms in total. The summed E-state index contributed by atoms with van der Waals surface area (Å²) in [5, 5.41) is 2.17. The molecule has 2 aliphatic rings. The van der Waals surface area contributed by atoms with Crippen molar-refractivity contribution in [3.8, 4) is 28.4 Å². The SMILES string of the molecule is C=C1c2ccc(N(c3ccccc3)c3ccccc3)cc2Oc2ccc3c(c21)C(=C)Oc1cc(N(/C=C/CC(C)/C=C/C)c2ccc4oc5ccccc5c4c2)ccc1-3. The molecule has 0 aliphatic carbocycles. The third kappa shape index (κ3) is 6.38. The van der Waals surface area contributed by atoms with Crippen LogP contribution < -0.4 is 19.3 Å². The number of hydrogen-bond donors (Lipinski definition) is 0. The van der Waals surface area contributed by atoms with E-state index in [1.807, 2.05) is 30.3 Å². The number of hydrogen-bond acceptors (Lipinski definition) is 5. The van der Waals surface area contributed by atoms with Crippen LogP contribution >= 0.6 is 0 Å². The minimum atomic E-state index is 0.419. The van der Waals surface area contributed by atoms with Crippen molar-refractivity contribution in [1.29, 1.82) is 0 Å². The van der Waals surface area contributed by atoms with Gasteiger partial charge in [0.25, 0.3) is 0 Å². The molecule has 0 saturated carbocycles. The second-order valence-electron chi connectivity index (χ2n) is 15.1. The first-order valence-electron chi connectivity index (χ1n) is 20.1. The average molecular weight is 767 g/mol. The van der Waals surface area contributed by atoms with Crippen LogP contribution in [0, 0.1) is 5.92 Å². The molecule has 0 saturated heterocycles. The van der Waals surface area contributed by atoms with E-state index in [-0.39, 0.29) is 0 Å². The van der Waals surface area contributed by atoms with Crippen LogP contribution in [0.5, 0.6) is 17.2 Å². The van der Waals surface area contributed by atoms with Crippen LogP contribution in [0.15, 0.2) is 194 Å². The van der Waals surface area contributed by atoms with Crippen LogP contribution in [0.2, 0.25) is 0 Å². The Bertz CT molecular complexity index is 2950. The molecule has 10 rings (SSSR count). The maximum Gasteiger partial charge on any atom is 0.137 e. The fraction of sp³-hybridized carbons (Fsp3) is 0.0741. The molecule has 0 fully saturated rings. The lowest BCUT2D eigenvalue weighted by Gasteiger charge is -2.32. The maximum atomic E-state index is 6.72. The Kier molecular flexibility index (Phi) is 8.99. The number of allylic oxidation sites excluding steroid dienone is 3. The van der Waals surface area contributed by atoms with Gasteiger partial charge in [0.15, 0.2) is 0 Å². The molecule has 0 N–H and O–H groups in total. The summed E-state index contributed by atoms with van der Waals surface area (Å²) in [6.45, 7) is 13.4. The molecule has 0 radical (unpaired) electrons. The Hall–Kier alpha value is -7.50. The maximum absolute atomic E-state index is 6.72. The number of furan rings is 1. The molecule has 7 aromatic carbocycles. The van der Waals surface area contributed by atoms with E-state index in [4.69, 9.17) is 13.9 Å². The van der Waals surface area contributed by atoms with Gasteiger partial charge in [-0.25, -0.2) is 0 Å². The zero-order valence-electron chi connectivity index (χ0n) is 33.1. The highest BCUT2D eigenvalue weighted by Crippen LogP contribution is 2.53. The molecule has 0 bridgehead atoms. The number of para-hydroxylation sites is 3. The quantitative estimate of drug-likeness (QED) is 0.137. The first kappa shape index (κ1) is 35.9. The Morgan fingerprint density at radius 3 is 1.97 bits per heavy atom. The summed E-state index contributed by atoms with van der Waals surface area (Å²) < 4.78 is 19.6. The van der Waals surface area contributed by atoms with Gasteiger partial charge in [-0.1, -0.05) is 92.9 Å². The van der Waals surface area contributed by atoms with Gasteiger partial charge in [0, 0.05) is 79.8 Å². The third-order valence-corrected chi connectivity index (χ3v) is 11.2. The lowest BCUT2D eigenvalue weighted by Crippen LogP contribution is -2.13. The fourth-order valence-corrected chi connectivity index (χ4v) is 8.45. The Morgan fingerprint density at radius 1 is 0.559 bits per heavy atom. The lowest BCUT2D eigenvalue weighted by atomic mass is 9.85. The van der Waals surface area contributed by atoms with E-state index in [9.17, 15) is 0 Å². The first-order valence-corrected chi connectivity index (χ1v) is 20.1. The topological polar surface area (TPSA) is 38.1 Å². The second-order valence-corrected chi connectivity index (χ2v) is 15.1. The zero-order valence-corrected chi connectivity index (χ0v) is 33.1. The average Bonchev–Trinajstić information content (AvgIpc) is 3.64. The molecule has 2 aliphatic heterocycles. The van der Waals surface area contributed by atoms with Gasteiger partial charge in [0.1, 0.15) is 34.2 Å². The van der Waals surface area contributed by atoms with E-state index in [1.54, 1.807) is 0 Å². The first-order chi connectivity index (χ1) is 28.9. The van der Waals surface area contributed by atoms with E-state index in [2.05, 4.69) is 183 Å². The molecule has 5 heteroatoms. The van der Waals surface area contributed by atoms with Gasteiger partial charge in [-0.05, 0) is 115 Å². The van der Waals surface area contributed by atoms with Crippen LogP contribution in [0.4, 0.5) is 28.4 Å². The van der Waals surface area contributed by atoms with Crippen molar-refractivity contribution in [2.75, 3.05) is 9.80 Å². The number of rotatable bonds is 9. The predicted molar refractivity (Wildman–Crippen MR) is 244 cm³/mol. The van der Waals surface area contributed by atoms with E-state index in [0.29, 0.717) is 11.7 Å². The molecule has 286 valence electrons. The Labute approximate surface area is 344 Å². The molecule has 0 spiro atoms. The normalized spacial score (nSPS) is 13.5. The van der Waals surface area contributed by atoms with Gasteiger partial charge >= 0.3 is 0 Å². The van der Waals surface area contributed by atoms with Crippen LogP contribution in [0.1, 0.15) is 37.0 Å². The van der Waals surface area contributed by atoms with Crippen molar-refractivity contribution >= 4 is 61.7 Å². The summed E-state index contributed by atoms with van der Waals surface area (Å²) in [6.07, 6.45) is 9.64. The Morgan fingerprint density at radius 2 is 1.19 bits per heavy atom. The van der Waals surface area contributed by atoms with Gasteiger partial charge in [-0.3, -0.25) is 0 Å². The smallest absolute Gasteiger partial charge is 0.137 e. The highest BCUT2D eigenvalue weighted by atomic mass is 16.5. The van der Waals surface area contributed by atoms with Gasteiger partial charge < -0.3 is 23.7 Å². The van der Waals surface area contributed by atoms with Crippen LogP contribution in [-0.2, 0) is 0 Å². The highest BCUT2D eigenvalue weighted by Gasteiger charge is 2.32. The van der Waals surface area contributed by atoms with Gasteiger partial charge in [-0.15, -0.1) is 0 Å². The van der Waals surface area contributed by atoms with Gasteiger partial charge in [0.2, 0.25) is 0 Å². The monoisotopic (exact) mass is 766 g/mol. The number of anilines is 5. The summed E-state index contributed by atoms with van der Waals surface area (Å²) in [5.74, 6) is 3.19. The summed E-state index contributed by atoms with van der Waals surface area (Å²) in [7, 11) is 0. The summed E-state index contributed by atoms with van der Waals surface area (Å²) in [5.41, 5.74) is 12.4. The lowest BCUT2D eigenvalue weighted by molar-refractivity contribution is 0.471. The fourth-order valence-electron chi connectivity index (χ4n) is 8.45. The molecular formula is C54H42N2O3.